The van der Waals surface area contributed by atoms with E-state index in [1.165, 1.54) is 11.9 Å². The molecule has 16 heavy (non-hydrogen) atoms. The first-order valence-electron chi connectivity index (χ1n) is 4.66. The molecule has 0 bridgehead atoms. The highest BCUT2D eigenvalue weighted by molar-refractivity contribution is 7.98. The maximum Gasteiger partial charge on any atom is 0.394 e. The van der Waals surface area contributed by atoms with E-state index in [4.69, 9.17) is 5.11 Å². The van der Waals surface area contributed by atoms with Crippen LogP contribution in [0, 0.1) is 0 Å². The summed E-state index contributed by atoms with van der Waals surface area (Å²) < 4.78 is 0. The van der Waals surface area contributed by atoms with Gasteiger partial charge in [0.25, 0.3) is 0 Å². The summed E-state index contributed by atoms with van der Waals surface area (Å²) in [6.07, 6.45) is 1.98. The maximum atomic E-state index is 11.1. The van der Waals surface area contributed by atoms with Crippen molar-refractivity contribution in [2.24, 2.45) is 0 Å². The average molecular weight is 239 g/mol. The predicted octanol–water partition coefficient (Wildman–Crippen LogP) is 1.45. The van der Waals surface area contributed by atoms with Crippen molar-refractivity contribution in [3.63, 3.8) is 0 Å². The molecule has 4 nitrogen and oxygen atoms in total. The Morgan fingerprint density at radius 1 is 1.31 bits per heavy atom. The van der Waals surface area contributed by atoms with Crippen molar-refractivity contribution >= 4 is 23.6 Å². The molecule has 0 aromatic heterocycles. The highest BCUT2D eigenvalue weighted by Gasteiger charge is 2.16. The lowest BCUT2D eigenvalue weighted by molar-refractivity contribution is -0.155. The first-order valence-corrected chi connectivity index (χ1v) is 5.88. The molecule has 5 heteroatoms. The Labute approximate surface area is 98.3 Å². The van der Waals surface area contributed by atoms with Crippen molar-refractivity contribution < 1.29 is 14.7 Å². The molecule has 0 unspecified atom stereocenters. The van der Waals surface area contributed by atoms with Gasteiger partial charge in [-0.25, -0.2) is 4.79 Å². The molecule has 0 aliphatic heterocycles. The minimum absolute atomic E-state index is 0.305. The third kappa shape index (κ3) is 3.27. The first kappa shape index (κ1) is 12.6. The van der Waals surface area contributed by atoms with Gasteiger partial charge in [0.2, 0.25) is 0 Å². The maximum absolute atomic E-state index is 11.1. The Kier molecular flexibility index (Phi) is 4.37. The fourth-order valence-corrected chi connectivity index (χ4v) is 1.65. The minimum Gasteiger partial charge on any atom is -0.474 e. The Morgan fingerprint density at radius 2 is 1.88 bits per heavy atom. The monoisotopic (exact) mass is 239 g/mol. The van der Waals surface area contributed by atoms with E-state index in [9.17, 15) is 9.59 Å². The molecule has 0 radical (unpaired) electrons. The van der Waals surface area contributed by atoms with Gasteiger partial charge in [-0.05, 0) is 24.0 Å². The number of carbonyl (C=O) groups excluding carboxylic acids is 1. The van der Waals surface area contributed by atoms with Crippen LogP contribution in [0.2, 0.25) is 0 Å². The van der Waals surface area contributed by atoms with Crippen molar-refractivity contribution in [2.45, 2.75) is 11.4 Å². The van der Waals surface area contributed by atoms with E-state index in [0.29, 0.717) is 6.54 Å². The van der Waals surface area contributed by atoms with E-state index in [-0.39, 0.29) is 0 Å². The molecule has 1 aromatic carbocycles. The van der Waals surface area contributed by atoms with E-state index >= 15 is 0 Å². The third-order valence-electron chi connectivity index (χ3n) is 2.11. The molecule has 0 fully saturated rings. The van der Waals surface area contributed by atoms with Gasteiger partial charge in [-0.2, -0.15) is 0 Å². The summed E-state index contributed by atoms with van der Waals surface area (Å²) >= 11 is 1.63. The number of amides is 1. The van der Waals surface area contributed by atoms with Crippen LogP contribution in [0.5, 0.6) is 0 Å². The normalized spacial score (nSPS) is 9.88. The summed E-state index contributed by atoms with van der Waals surface area (Å²) in [5.74, 6) is -2.32. The van der Waals surface area contributed by atoms with Crippen LogP contribution in [0.25, 0.3) is 0 Å². The summed E-state index contributed by atoms with van der Waals surface area (Å²) in [5.41, 5.74) is 0.912. The fraction of sp³-hybridized carbons (Fsp3) is 0.273. The van der Waals surface area contributed by atoms with E-state index in [1.54, 1.807) is 11.8 Å². The molecule has 1 amide bonds. The summed E-state index contributed by atoms with van der Waals surface area (Å²) in [5, 5.41) is 8.52. The third-order valence-corrected chi connectivity index (χ3v) is 2.85. The van der Waals surface area contributed by atoms with E-state index in [0.717, 1.165) is 10.5 Å². The highest BCUT2D eigenvalue weighted by Crippen LogP contribution is 2.15. The second kappa shape index (κ2) is 5.55. The largest absolute Gasteiger partial charge is 0.474 e. The highest BCUT2D eigenvalue weighted by atomic mass is 32.2. The Morgan fingerprint density at radius 3 is 2.31 bits per heavy atom. The molecule has 0 atom stereocenters. The molecule has 1 rings (SSSR count). The van der Waals surface area contributed by atoms with Gasteiger partial charge in [0.15, 0.2) is 0 Å². The standard InChI is InChI=1S/C11H13NO3S/c1-12(10(13)11(14)15)7-8-3-5-9(16-2)6-4-8/h3-6H,7H2,1-2H3,(H,14,15). The van der Waals surface area contributed by atoms with Crippen molar-refractivity contribution in [2.75, 3.05) is 13.3 Å². The second-order valence-electron chi connectivity index (χ2n) is 3.31. The van der Waals surface area contributed by atoms with Crippen LogP contribution in [0.15, 0.2) is 29.2 Å². The van der Waals surface area contributed by atoms with E-state index < -0.39 is 11.9 Å². The number of hydrogen-bond donors (Lipinski definition) is 1. The van der Waals surface area contributed by atoms with Gasteiger partial charge in [-0.3, -0.25) is 4.79 Å². The molecule has 0 aliphatic rings. The zero-order valence-electron chi connectivity index (χ0n) is 9.14. The van der Waals surface area contributed by atoms with Gasteiger partial charge >= 0.3 is 11.9 Å². The quantitative estimate of drug-likeness (QED) is 0.640. The fourth-order valence-electron chi connectivity index (χ4n) is 1.24. The number of nitrogens with zero attached hydrogens (tertiary/aromatic N) is 1. The smallest absolute Gasteiger partial charge is 0.394 e. The van der Waals surface area contributed by atoms with Crippen molar-refractivity contribution in [1.82, 2.24) is 4.90 Å². The zero-order chi connectivity index (χ0) is 12.1. The van der Waals surface area contributed by atoms with Gasteiger partial charge < -0.3 is 10.0 Å². The Bertz CT molecular complexity index is 389. The molecule has 1 aromatic rings. The van der Waals surface area contributed by atoms with Gasteiger partial charge in [0.05, 0.1) is 0 Å². The van der Waals surface area contributed by atoms with Gasteiger partial charge in [-0.15, -0.1) is 11.8 Å². The SMILES string of the molecule is CSc1ccc(CN(C)C(=O)C(=O)O)cc1. The summed E-state index contributed by atoms with van der Waals surface area (Å²) in [7, 11) is 1.47. The minimum atomic E-state index is -1.43. The number of carboxylic acid groups (broad SMARTS) is 1. The van der Waals surface area contributed by atoms with Crippen LogP contribution >= 0.6 is 11.8 Å². The number of hydrogen-bond acceptors (Lipinski definition) is 3. The molecule has 0 saturated carbocycles. The summed E-state index contributed by atoms with van der Waals surface area (Å²) in [4.78, 5) is 23.8. The number of benzene rings is 1. The number of aliphatic carboxylic acids is 1. The first-order chi connectivity index (χ1) is 7.54. The molecule has 0 heterocycles. The van der Waals surface area contributed by atoms with Crippen LogP contribution in [-0.4, -0.2) is 35.2 Å². The van der Waals surface area contributed by atoms with Crippen molar-refractivity contribution in [3.8, 4) is 0 Å². The number of carboxylic acids is 1. The predicted molar refractivity (Wildman–Crippen MR) is 62.3 cm³/mol. The Balaban J connectivity index is 2.66. The van der Waals surface area contributed by atoms with Crippen LogP contribution in [0.4, 0.5) is 0 Å². The topological polar surface area (TPSA) is 57.6 Å². The molecular weight excluding hydrogens is 226 g/mol. The second-order valence-corrected chi connectivity index (χ2v) is 4.19. The van der Waals surface area contributed by atoms with Gasteiger partial charge in [0, 0.05) is 18.5 Å². The average Bonchev–Trinajstić information content (AvgIpc) is 2.28. The van der Waals surface area contributed by atoms with E-state index in [2.05, 4.69) is 0 Å². The lowest BCUT2D eigenvalue weighted by Gasteiger charge is -2.14. The summed E-state index contributed by atoms with van der Waals surface area (Å²) in [6.45, 7) is 0.305. The molecule has 0 spiro atoms. The van der Waals surface area contributed by atoms with Crippen LogP contribution < -0.4 is 0 Å². The number of likely N-dealkylation sites (N-methyl/N-ethyl adjacent to an activating group) is 1. The molecule has 1 N–H and O–H groups in total. The van der Waals surface area contributed by atoms with Gasteiger partial charge in [-0.1, -0.05) is 12.1 Å². The van der Waals surface area contributed by atoms with Crippen LogP contribution in [-0.2, 0) is 16.1 Å². The van der Waals surface area contributed by atoms with Crippen molar-refractivity contribution in [3.05, 3.63) is 29.8 Å². The van der Waals surface area contributed by atoms with Crippen molar-refractivity contribution in [1.29, 1.82) is 0 Å². The van der Waals surface area contributed by atoms with E-state index in [1.807, 2.05) is 30.5 Å². The van der Waals surface area contributed by atoms with Crippen LogP contribution in [0.3, 0.4) is 0 Å². The zero-order valence-corrected chi connectivity index (χ0v) is 9.95. The molecular formula is C11H13NO3S. The lowest BCUT2D eigenvalue weighted by atomic mass is 10.2. The molecule has 86 valence electrons. The Hall–Kier alpha value is -1.49. The lowest BCUT2D eigenvalue weighted by Crippen LogP contribution is -2.32. The molecule has 0 saturated heterocycles. The van der Waals surface area contributed by atoms with Crippen LogP contribution in [0.1, 0.15) is 5.56 Å². The molecule has 0 aliphatic carbocycles. The summed E-state index contributed by atoms with van der Waals surface area (Å²) in [6, 6.07) is 7.66. The number of carbonyl (C=O) groups is 2. The van der Waals surface area contributed by atoms with Gasteiger partial charge in [0.1, 0.15) is 0 Å². The number of thioether (sulfide) groups is 1. The number of rotatable bonds is 3.